The van der Waals surface area contributed by atoms with E-state index in [2.05, 4.69) is 14.9 Å². The molecule has 0 atom stereocenters. The molecule has 1 heterocycles. The van der Waals surface area contributed by atoms with Crippen molar-refractivity contribution < 1.29 is 22.4 Å². The highest BCUT2D eigenvalue weighted by Crippen LogP contribution is 2.35. The summed E-state index contributed by atoms with van der Waals surface area (Å²) in [6.45, 7) is 0. The highest BCUT2D eigenvalue weighted by molar-refractivity contribution is 5.54. The molecule has 1 aliphatic rings. The first-order valence-electron chi connectivity index (χ1n) is 6.85. The Kier molecular flexibility index (Phi) is 3.56. The fraction of sp³-hybridized carbons (Fsp3) is 0.429. The molecule has 1 saturated carbocycles. The quantitative estimate of drug-likeness (QED) is 0.940. The Hall–Kier alpha value is -2.09. The summed E-state index contributed by atoms with van der Waals surface area (Å²) in [6, 6.07) is 5.24. The van der Waals surface area contributed by atoms with Gasteiger partial charge >= 0.3 is 6.36 Å². The van der Waals surface area contributed by atoms with Gasteiger partial charge in [0.05, 0.1) is 5.54 Å². The average Bonchev–Trinajstić information content (AvgIpc) is 3.07. The molecule has 0 bridgehead atoms. The van der Waals surface area contributed by atoms with Crippen molar-refractivity contribution >= 4 is 0 Å². The number of nitrogens with two attached hydrogens (primary N) is 1. The van der Waals surface area contributed by atoms with Crippen LogP contribution in [0, 0.1) is 0 Å². The monoisotopic (exact) mass is 313 g/mol. The van der Waals surface area contributed by atoms with E-state index in [1.807, 2.05) is 0 Å². The van der Waals surface area contributed by atoms with E-state index in [4.69, 9.17) is 10.3 Å². The van der Waals surface area contributed by atoms with Gasteiger partial charge in [-0.05, 0) is 37.1 Å². The van der Waals surface area contributed by atoms with Crippen LogP contribution in [0.5, 0.6) is 5.75 Å². The number of alkyl halides is 3. The average molecular weight is 313 g/mol. The van der Waals surface area contributed by atoms with Crippen molar-refractivity contribution in [2.45, 2.75) is 37.6 Å². The Morgan fingerprint density at radius 3 is 2.36 bits per heavy atom. The van der Waals surface area contributed by atoms with Crippen molar-refractivity contribution in [3.63, 3.8) is 0 Å². The van der Waals surface area contributed by atoms with E-state index in [1.165, 1.54) is 24.3 Å². The van der Waals surface area contributed by atoms with Gasteiger partial charge in [-0.25, -0.2) is 0 Å². The van der Waals surface area contributed by atoms with Gasteiger partial charge in [-0.3, -0.25) is 0 Å². The molecule has 22 heavy (non-hydrogen) atoms. The molecule has 0 saturated heterocycles. The number of halogens is 3. The molecule has 0 aliphatic heterocycles. The van der Waals surface area contributed by atoms with Gasteiger partial charge in [0, 0.05) is 5.56 Å². The zero-order valence-electron chi connectivity index (χ0n) is 11.6. The molecular formula is C14H14F3N3O2. The molecule has 5 nitrogen and oxygen atoms in total. The Bertz CT molecular complexity index is 646. The summed E-state index contributed by atoms with van der Waals surface area (Å²) >= 11 is 0. The summed E-state index contributed by atoms with van der Waals surface area (Å²) in [6.07, 6.45) is -1.09. The van der Waals surface area contributed by atoms with Gasteiger partial charge in [-0.2, -0.15) is 4.98 Å². The SMILES string of the molecule is NC1(c2noc(-c3ccc(OC(F)(F)F)cc3)n2)CCCC1. The Morgan fingerprint density at radius 1 is 1.14 bits per heavy atom. The summed E-state index contributed by atoms with van der Waals surface area (Å²) in [5, 5.41) is 3.91. The molecule has 3 rings (SSSR count). The lowest BCUT2D eigenvalue weighted by Crippen LogP contribution is -2.34. The number of hydrogen-bond acceptors (Lipinski definition) is 5. The zero-order valence-corrected chi connectivity index (χ0v) is 11.6. The molecule has 0 spiro atoms. The van der Waals surface area contributed by atoms with E-state index in [-0.39, 0.29) is 11.6 Å². The van der Waals surface area contributed by atoms with E-state index in [0.29, 0.717) is 11.4 Å². The van der Waals surface area contributed by atoms with Gasteiger partial charge in [-0.15, -0.1) is 13.2 Å². The maximum absolute atomic E-state index is 12.1. The number of benzene rings is 1. The normalized spacial score (nSPS) is 17.6. The van der Waals surface area contributed by atoms with Crippen molar-refractivity contribution in [3.05, 3.63) is 30.1 Å². The minimum atomic E-state index is -4.71. The third-order valence-electron chi connectivity index (χ3n) is 3.70. The molecule has 2 N–H and O–H groups in total. The molecular weight excluding hydrogens is 299 g/mol. The second-order valence-corrected chi connectivity index (χ2v) is 5.36. The predicted octanol–water partition coefficient (Wildman–Crippen LogP) is 3.36. The van der Waals surface area contributed by atoms with Crippen molar-refractivity contribution in [1.29, 1.82) is 0 Å². The predicted molar refractivity (Wildman–Crippen MR) is 70.8 cm³/mol. The second-order valence-electron chi connectivity index (χ2n) is 5.36. The molecule has 0 radical (unpaired) electrons. The minimum absolute atomic E-state index is 0.227. The number of hydrogen-bond donors (Lipinski definition) is 1. The summed E-state index contributed by atoms with van der Waals surface area (Å²) < 4.78 is 45.3. The van der Waals surface area contributed by atoms with Gasteiger partial charge in [0.25, 0.3) is 5.89 Å². The van der Waals surface area contributed by atoms with Crippen LogP contribution in [0.1, 0.15) is 31.5 Å². The van der Waals surface area contributed by atoms with Crippen LogP contribution < -0.4 is 10.5 Å². The largest absolute Gasteiger partial charge is 0.573 e. The van der Waals surface area contributed by atoms with Gasteiger partial charge in [0.1, 0.15) is 5.75 Å². The smallest absolute Gasteiger partial charge is 0.406 e. The highest BCUT2D eigenvalue weighted by Gasteiger charge is 2.36. The topological polar surface area (TPSA) is 74.2 Å². The lowest BCUT2D eigenvalue weighted by molar-refractivity contribution is -0.274. The maximum Gasteiger partial charge on any atom is 0.573 e. The summed E-state index contributed by atoms with van der Waals surface area (Å²) in [5.74, 6) is 0.364. The fourth-order valence-electron chi connectivity index (χ4n) is 2.57. The van der Waals surface area contributed by atoms with E-state index in [9.17, 15) is 13.2 Å². The van der Waals surface area contributed by atoms with E-state index in [0.717, 1.165) is 25.7 Å². The molecule has 2 aromatic rings. The second kappa shape index (κ2) is 5.28. The van der Waals surface area contributed by atoms with Crippen LogP contribution >= 0.6 is 0 Å². The molecule has 0 unspecified atom stereocenters. The number of nitrogens with zero attached hydrogens (tertiary/aromatic N) is 2. The fourth-order valence-corrected chi connectivity index (χ4v) is 2.57. The molecule has 1 aromatic carbocycles. The van der Waals surface area contributed by atoms with Crippen molar-refractivity contribution in [2.75, 3.05) is 0 Å². The first-order chi connectivity index (χ1) is 10.4. The molecule has 118 valence electrons. The first-order valence-corrected chi connectivity index (χ1v) is 6.85. The van der Waals surface area contributed by atoms with E-state index >= 15 is 0 Å². The molecule has 0 amide bonds. The van der Waals surface area contributed by atoms with Gasteiger partial charge in [0.2, 0.25) is 0 Å². The van der Waals surface area contributed by atoms with Crippen LogP contribution in [0.4, 0.5) is 13.2 Å². The molecule has 1 fully saturated rings. The summed E-state index contributed by atoms with van der Waals surface area (Å²) in [7, 11) is 0. The van der Waals surface area contributed by atoms with Crippen molar-refractivity contribution in [1.82, 2.24) is 10.1 Å². The summed E-state index contributed by atoms with van der Waals surface area (Å²) in [4.78, 5) is 4.27. The Labute approximate surface area is 124 Å². The Balaban J connectivity index is 1.79. The van der Waals surface area contributed by atoms with Gasteiger partial charge in [0.15, 0.2) is 5.82 Å². The van der Waals surface area contributed by atoms with Crippen LogP contribution in [-0.4, -0.2) is 16.5 Å². The number of aromatic nitrogens is 2. The first kappa shape index (κ1) is 14.8. The molecule has 8 heteroatoms. The standard InChI is InChI=1S/C14H14F3N3O2/c15-14(16,17)21-10-5-3-9(4-6-10)11-19-12(20-22-11)13(18)7-1-2-8-13/h3-6H,1-2,7-8,18H2. The van der Waals surface area contributed by atoms with E-state index in [1.54, 1.807) is 0 Å². The van der Waals surface area contributed by atoms with Crippen LogP contribution in [-0.2, 0) is 5.54 Å². The Morgan fingerprint density at radius 2 is 1.77 bits per heavy atom. The maximum atomic E-state index is 12.1. The van der Waals surface area contributed by atoms with Crippen molar-refractivity contribution in [3.8, 4) is 17.2 Å². The van der Waals surface area contributed by atoms with Crippen LogP contribution in [0.15, 0.2) is 28.8 Å². The molecule has 1 aliphatic carbocycles. The van der Waals surface area contributed by atoms with Crippen LogP contribution in [0.2, 0.25) is 0 Å². The third kappa shape index (κ3) is 3.06. The van der Waals surface area contributed by atoms with Crippen LogP contribution in [0.3, 0.4) is 0 Å². The van der Waals surface area contributed by atoms with Gasteiger partial charge < -0.3 is 15.0 Å². The van der Waals surface area contributed by atoms with Gasteiger partial charge in [-0.1, -0.05) is 18.0 Å². The minimum Gasteiger partial charge on any atom is -0.406 e. The summed E-state index contributed by atoms with van der Waals surface area (Å²) in [5.41, 5.74) is 6.18. The number of rotatable bonds is 3. The lowest BCUT2D eigenvalue weighted by atomic mass is 9.99. The third-order valence-corrected chi connectivity index (χ3v) is 3.70. The number of ether oxygens (including phenoxy) is 1. The van der Waals surface area contributed by atoms with Crippen LogP contribution in [0.25, 0.3) is 11.5 Å². The lowest BCUT2D eigenvalue weighted by Gasteiger charge is -2.17. The molecule has 1 aromatic heterocycles. The highest BCUT2D eigenvalue weighted by atomic mass is 19.4. The van der Waals surface area contributed by atoms with E-state index < -0.39 is 11.9 Å². The van der Waals surface area contributed by atoms with Crippen molar-refractivity contribution in [2.24, 2.45) is 5.73 Å². The zero-order chi connectivity index (χ0) is 15.8.